The molecule has 7 heterocycles. The summed E-state index contributed by atoms with van der Waals surface area (Å²) >= 11 is 1.46. The molecule has 9 nitrogen and oxygen atoms in total. The van der Waals surface area contributed by atoms with Crippen LogP contribution < -0.4 is 0 Å². The summed E-state index contributed by atoms with van der Waals surface area (Å²) in [5, 5.41) is 7.62. The van der Waals surface area contributed by atoms with E-state index in [2.05, 4.69) is 36.1 Å². The zero-order valence-electron chi connectivity index (χ0n) is 20.7. The number of likely N-dealkylation sites (tertiary alicyclic amines) is 1. The number of carbonyl (C=O) groups is 1. The maximum absolute atomic E-state index is 11.8. The van der Waals surface area contributed by atoms with E-state index in [-0.39, 0.29) is 5.78 Å². The van der Waals surface area contributed by atoms with Crippen LogP contribution in [0.15, 0.2) is 55.0 Å². The minimum atomic E-state index is 0.0542. The zero-order valence-corrected chi connectivity index (χ0v) is 21.5. The van der Waals surface area contributed by atoms with Gasteiger partial charge in [-0.1, -0.05) is 0 Å². The van der Waals surface area contributed by atoms with Gasteiger partial charge < -0.3 is 4.98 Å². The molecule has 0 spiro atoms. The number of H-pyrrole nitrogens is 2. The number of aromatic amines is 2. The Morgan fingerprint density at radius 3 is 2.82 bits per heavy atom. The third kappa shape index (κ3) is 4.07. The molecule has 0 radical (unpaired) electrons. The Labute approximate surface area is 222 Å². The molecule has 2 N–H and O–H groups in total. The third-order valence-electron chi connectivity index (χ3n) is 6.94. The Bertz CT molecular complexity index is 1810. The first-order valence-corrected chi connectivity index (χ1v) is 13.4. The molecule has 1 aliphatic heterocycles. The Hall–Kier alpha value is -4.28. The lowest BCUT2D eigenvalue weighted by Gasteiger charge is -2.14. The number of fused-ring (bicyclic) bond motifs is 2. The van der Waals surface area contributed by atoms with E-state index < -0.39 is 0 Å². The molecule has 1 aliphatic rings. The van der Waals surface area contributed by atoms with Gasteiger partial charge in [-0.25, -0.2) is 15.0 Å². The summed E-state index contributed by atoms with van der Waals surface area (Å²) in [5.41, 5.74) is 7.50. The quantitative estimate of drug-likeness (QED) is 0.279. The molecular weight excluding hydrogens is 496 g/mol. The number of nitrogens with one attached hydrogen (secondary N) is 2. The van der Waals surface area contributed by atoms with Crippen molar-refractivity contribution in [3.05, 3.63) is 65.4 Å². The molecule has 188 valence electrons. The van der Waals surface area contributed by atoms with Crippen LogP contribution in [0.4, 0.5) is 0 Å². The van der Waals surface area contributed by atoms with Gasteiger partial charge in [0.2, 0.25) is 0 Å². The maximum atomic E-state index is 11.8. The van der Waals surface area contributed by atoms with Gasteiger partial charge in [-0.15, -0.1) is 11.3 Å². The van der Waals surface area contributed by atoms with Crippen molar-refractivity contribution in [1.82, 2.24) is 40.0 Å². The Morgan fingerprint density at radius 1 is 1.08 bits per heavy atom. The molecule has 6 aromatic rings. The number of Topliss-reactive ketones (excluding diaryl/α,β-unsaturated/α-hetero) is 1. The first-order valence-electron chi connectivity index (χ1n) is 12.6. The van der Waals surface area contributed by atoms with Crippen LogP contribution in [0.25, 0.3) is 55.4 Å². The normalized spacial score (nSPS) is 14.1. The van der Waals surface area contributed by atoms with E-state index in [9.17, 15) is 4.79 Å². The number of hydrogen-bond donors (Lipinski definition) is 2. The van der Waals surface area contributed by atoms with E-state index in [0.29, 0.717) is 17.2 Å². The second-order valence-corrected chi connectivity index (χ2v) is 10.7. The van der Waals surface area contributed by atoms with E-state index in [1.165, 1.54) is 29.7 Å². The van der Waals surface area contributed by atoms with Gasteiger partial charge >= 0.3 is 0 Å². The fourth-order valence-electron chi connectivity index (χ4n) is 5.04. The molecule has 7 rings (SSSR count). The van der Waals surface area contributed by atoms with Gasteiger partial charge in [0, 0.05) is 41.1 Å². The summed E-state index contributed by atoms with van der Waals surface area (Å²) in [7, 11) is 0. The summed E-state index contributed by atoms with van der Waals surface area (Å²) < 4.78 is 0. The SMILES string of the molecule is CC(=O)c1ccc(-c2ccnc3nc(-c4n[nH]c5ccc(-c6cncc(CN7CCCC7)c6)nc45)[nH]c23)s1. The monoisotopic (exact) mass is 520 g/mol. The third-order valence-corrected chi connectivity index (χ3v) is 8.16. The predicted octanol–water partition coefficient (Wildman–Crippen LogP) is 5.49. The molecule has 0 unspecified atom stereocenters. The lowest BCUT2D eigenvalue weighted by Crippen LogP contribution is -2.18. The molecule has 0 bridgehead atoms. The van der Waals surface area contributed by atoms with Crippen LogP contribution in [0.2, 0.25) is 0 Å². The maximum Gasteiger partial charge on any atom is 0.178 e. The number of pyridine rings is 3. The van der Waals surface area contributed by atoms with E-state index in [4.69, 9.17) is 9.97 Å². The summed E-state index contributed by atoms with van der Waals surface area (Å²) in [5.74, 6) is 0.638. The second kappa shape index (κ2) is 9.23. The van der Waals surface area contributed by atoms with Crippen molar-refractivity contribution in [1.29, 1.82) is 0 Å². The van der Waals surface area contributed by atoms with Crippen molar-refractivity contribution < 1.29 is 4.79 Å². The van der Waals surface area contributed by atoms with Gasteiger partial charge in [0.1, 0.15) is 5.52 Å². The number of carbonyl (C=O) groups excluding carboxylic acids is 1. The van der Waals surface area contributed by atoms with Gasteiger partial charge in [0.15, 0.2) is 22.9 Å². The van der Waals surface area contributed by atoms with Crippen molar-refractivity contribution in [2.24, 2.45) is 0 Å². The lowest BCUT2D eigenvalue weighted by molar-refractivity contribution is 0.102. The number of aromatic nitrogens is 7. The summed E-state index contributed by atoms with van der Waals surface area (Å²) in [4.78, 5) is 38.1. The van der Waals surface area contributed by atoms with Crippen molar-refractivity contribution in [3.63, 3.8) is 0 Å². The van der Waals surface area contributed by atoms with Crippen LogP contribution in [-0.4, -0.2) is 58.9 Å². The number of imidazole rings is 1. The molecule has 1 saturated heterocycles. The van der Waals surface area contributed by atoms with Gasteiger partial charge in [-0.2, -0.15) is 5.10 Å². The van der Waals surface area contributed by atoms with Gasteiger partial charge in [-0.3, -0.25) is 19.8 Å². The molecule has 0 atom stereocenters. The average molecular weight is 521 g/mol. The Kier molecular flexibility index (Phi) is 5.56. The standard InChI is InChI=1S/C28H24N8OS/c1-16(37)22-6-7-23(38-22)19-8-9-30-27-24(19)32-28(33-27)26-25-21(34-35-26)5-4-20(31-25)18-12-17(13-29-14-18)15-36-10-2-3-11-36/h4-9,12-14H,2-3,10-11,15H2,1H3,(H,34,35)(H,30,32,33). The molecule has 38 heavy (non-hydrogen) atoms. The van der Waals surface area contributed by atoms with Crippen LogP contribution in [0.3, 0.4) is 0 Å². The van der Waals surface area contributed by atoms with Gasteiger partial charge in [-0.05, 0) is 74.8 Å². The number of rotatable bonds is 6. The zero-order chi connectivity index (χ0) is 25.6. The smallest absolute Gasteiger partial charge is 0.178 e. The summed E-state index contributed by atoms with van der Waals surface area (Å²) in [6.07, 6.45) is 8.06. The fraction of sp³-hybridized carbons (Fsp3) is 0.214. The van der Waals surface area contributed by atoms with Crippen molar-refractivity contribution in [3.8, 4) is 33.2 Å². The minimum absolute atomic E-state index is 0.0542. The number of ketones is 1. The number of hydrogen-bond acceptors (Lipinski definition) is 8. The molecule has 6 aromatic heterocycles. The second-order valence-electron chi connectivity index (χ2n) is 9.59. The van der Waals surface area contributed by atoms with Crippen LogP contribution in [-0.2, 0) is 6.54 Å². The minimum Gasteiger partial charge on any atom is -0.335 e. The highest BCUT2D eigenvalue weighted by molar-refractivity contribution is 7.17. The molecule has 0 aliphatic carbocycles. The van der Waals surface area contributed by atoms with E-state index >= 15 is 0 Å². The van der Waals surface area contributed by atoms with Crippen LogP contribution in [0, 0.1) is 0 Å². The molecular formula is C28H24N8OS. The van der Waals surface area contributed by atoms with Crippen LogP contribution >= 0.6 is 11.3 Å². The Morgan fingerprint density at radius 2 is 1.97 bits per heavy atom. The molecule has 1 fully saturated rings. The van der Waals surface area contributed by atoms with Crippen molar-refractivity contribution >= 4 is 39.3 Å². The Balaban J connectivity index is 1.27. The molecule has 0 saturated carbocycles. The van der Waals surface area contributed by atoms with Gasteiger partial charge in [0.05, 0.1) is 21.6 Å². The summed E-state index contributed by atoms with van der Waals surface area (Å²) in [6.45, 7) is 4.78. The largest absolute Gasteiger partial charge is 0.335 e. The van der Waals surface area contributed by atoms with Crippen molar-refractivity contribution in [2.45, 2.75) is 26.3 Å². The number of nitrogens with zero attached hydrogens (tertiary/aromatic N) is 6. The van der Waals surface area contributed by atoms with Crippen molar-refractivity contribution in [2.75, 3.05) is 13.1 Å². The lowest BCUT2D eigenvalue weighted by atomic mass is 10.1. The average Bonchev–Trinajstić information content (AvgIpc) is 3.74. The van der Waals surface area contributed by atoms with Crippen LogP contribution in [0.5, 0.6) is 0 Å². The van der Waals surface area contributed by atoms with E-state index in [1.54, 1.807) is 13.1 Å². The molecule has 10 heteroatoms. The highest BCUT2D eigenvalue weighted by Crippen LogP contribution is 2.34. The van der Waals surface area contributed by atoms with E-state index in [1.807, 2.05) is 42.7 Å². The predicted molar refractivity (Wildman–Crippen MR) is 148 cm³/mol. The fourth-order valence-corrected chi connectivity index (χ4v) is 5.97. The highest BCUT2D eigenvalue weighted by atomic mass is 32.1. The summed E-state index contributed by atoms with van der Waals surface area (Å²) in [6, 6.07) is 11.9. The van der Waals surface area contributed by atoms with Gasteiger partial charge in [0.25, 0.3) is 0 Å². The van der Waals surface area contributed by atoms with E-state index in [0.717, 1.165) is 62.8 Å². The number of thiophene rings is 1. The molecule has 0 aromatic carbocycles. The first-order chi connectivity index (χ1) is 18.6. The van der Waals surface area contributed by atoms with Crippen LogP contribution in [0.1, 0.15) is 35.0 Å². The molecule has 0 amide bonds. The topological polar surface area (TPSA) is 116 Å². The highest BCUT2D eigenvalue weighted by Gasteiger charge is 2.19. The first kappa shape index (κ1) is 22.9.